The van der Waals surface area contributed by atoms with Crippen LogP contribution in [0.2, 0.25) is 10.0 Å². The number of aromatic nitrogens is 4. The Balaban J connectivity index is 1.55. The van der Waals surface area contributed by atoms with Crippen LogP contribution in [0, 0.1) is 0 Å². The van der Waals surface area contributed by atoms with Gasteiger partial charge in [-0.25, -0.2) is 4.98 Å². The quantitative estimate of drug-likeness (QED) is 0.458. The second-order valence-corrected chi connectivity index (χ2v) is 9.33. The van der Waals surface area contributed by atoms with Crippen molar-refractivity contribution < 1.29 is 9.21 Å². The highest BCUT2D eigenvalue weighted by Crippen LogP contribution is 2.37. The zero-order chi connectivity index (χ0) is 21.1. The lowest BCUT2D eigenvalue weighted by Gasteiger charge is -2.25. The molecule has 0 bridgehead atoms. The number of amides is 1. The largest absolute Gasteiger partial charge is 0.461 e. The molecule has 0 saturated heterocycles. The van der Waals surface area contributed by atoms with E-state index in [-0.39, 0.29) is 11.7 Å². The fourth-order valence-electron chi connectivity index (χ4n) is 3.54. The average Bonchev–Trinajstić information content (AvgIpc) is 3.40. The Bertz CT molecular complexity index is 1020. The third kappa shape index (κ3) is 4.66. The van der Waals surface area contributed by atoms with Gasteiger partial charge < -0.3 is 9.73 Å². The Hall–Kier alpha value is -2.03. The third-order valence-electron chi connectivity index (χ3n) is 5.05. The van der Waals surface area contributed by atoms with E-state index in [4.69, 9.17) is 27.6 Å². The Morgan fingerprint density at radius 2 is 2.10 bits per heavy atom. The number of anilines is 1. The summed E-state index contributed by atoms with van der Waals surface area (Å²) < 4.78 is 7.70. The van der Waals surface area contributed by atoms with Gasteiger partial charge in [0.05, 0.1) is 21.6 Å². The monoisotopic (exact) mass is 465 g/mol. The molecule has 0 aliphatic heterocycles. The van der Waals surface area contributed by atoms with Gasteiger partial charge >= 0.3 is 0 Å². The summed E-state index contributed by atoms with van der Waals surface area (Å²) in [5.41, 5.74) is 0. The summed E-state index contributed by atoms with van der Waals surface area (Å²) in [5, 5.41) is 12.5. The molecule has 1 amide bonds. The van der Waals surface area contributed by atoms with Gasteiger partial charge in [0.2, 0.25) is 11.7 Å². The van der Waals surface area contributed by atoms with Crippen LogP contribution in [0.25, 0.3) is 11.6 Å². The number of halogens is 2. The van der Waals surface area contributed by atoms with Gasteiger partial charge in [-0.1, -0.05) is 54.2 Å². The summed E-state index contributed by atoms with van der Waals surface area (Å²) in [6.07, 6.45) is 8.76. The van der Waals surface area contributed by atoms with Crippen LogP contribution < -0.4 is 5.32 Å². The van der Waals surface area contributed by atoms with Gasteiger partial charge in [-0.3, -0.25) is 9.36 Å². The molecule has 30 heavy (non-hydrogen) atoms. The lowest BCUT2D eigenvalue weighted by atomic mass is 9.95. The number of pyridine rings is 1. The van der Waals surface area contributed by atoms with Crippen molar-refractivity contribution in [1.82, 2.24) is 19.7 Å². The summed E-state index contributed by atoms with van der Waals surface area (Å²) >= 11 is 13.3. The summed E-state index contributed by atoms with van der Waals surface area (Å²) in [4.78, 5) is 16.8. The SMILES string of the molecule is CC(Sc1nnc(-c2ccco2)n1C1CCCCC1)C(=O)Nc1ncc(Cl)cc1Cl. The Labute approximate surface area is 188 Å². The number of hydrogen-bond acceptors (Lipinski definition) is 6. The van der Waals surface area contributed by atoms with Crippen molar-refractivity contribution >= 4 is 46.7 Å². The predicted octanol–water partition coefficient (Wildman–Crippen LogP) is 5.86. The van der Waals surface area contributed by atoms with E-state index >= 15 is 0 Å². The van der Waals surface area contributed by atoms with Crippen molar-refractivity contribution in [1.29, 1.82) is 0 Å². The summed E-state index contributed by atoms with van der Waals surface area (Å²) in [5.74, 6) is 1.43. The van der Waals surface area contributed by atoms with Gasteiger partial charge in [0.1, 0.15) is 0 Å². The zero-order valence-corrected chi connectivity index (χ0v) is 18.7. The van der Waals surface area contributed by atoms with Crippen molar-refractivity contribution in [2.75, 3.05) is 5.32 Å². The topological polar surface area (TPSA) is 85.8 Å². The molecule has 0 aromatic carbocycles. The van der Waals surface area contributed by atoms with E-state index in [0.29, 0.717) is 32.8 Å². The van der Waals surface area contributed by atoms with Crippen LogP contribution in [0.4, 0.5) is 5.82 Å². The Morgan fingerprint density at radius 3 is 2.80 bits per heavy atom. The molecule has 1 atom stereocenters. The molecule has 158 valence electrons. The smallest absolute Gasteiger partial charge is 0.238 e. The van der Waals surface area contributed by atoms with E-state index in [1.807, 2.05) is 19.1 Å². The van der Waals surface area contributed by atoms with E-state index < -0.39 is 5.25 Å². The molecule has 7 nitrogen and oxygen atoms in total. The first-order chi connectivity index (χ1) is 14.5. The van der Waals surface area contributed by atoms with Gasteiger partial charge in [-0.15, -0.1) is 10.2 Å². The minimum atomic E-state index is -0.436. The molecule has 1 fully saturated rings. The van der Waals surface area contributed by atoms with Crippen LogP contribution >= 0.6 is 35.0 Å². The van der Waals surface area contributed by atoms with Crippen molar-refractivity contribution in [3.05, 3.63) is 40.7 Å². The molecule has 3 aromatic rings. The third-order valence-corrected chi connectivity index (χ3v) is 6.60. The van der Waals surface area contributed by atoms with Crippen LogP contribution in [0.3, 0.4) is 0 Å². The van der Waals surface area contributed by atoms with Gasteiger partial charge in [0, 0.05) is 12.2 Å². The minimum Gasteiger partial charge on any atom is -0.461 e. The molecular weight excluding hydrogens is 445 g/mol. The van der Waals surface area contributed by atoms with Crippen molar-refractivity contribution in [2.45, 2.75) is 55.5 Å². The highest BCUT2D eigenvalue weighted by atomic mass is 35.5. The summed E-state index contributed by atoms with van der Waals surface area (Å²) in [6, 6.07) is 5.54. The average molecular weight is 466 g/mol. The van der Waals surface area contributed by atoms with Crippen LogP contribution in [0.1, 0.15) is 45.1 Å². The number of nitrogens with one attached hydrogen (secondary N) is 1. The van der Waals surface area contributed by atoms with E-state index in [9.17, 15) is 4.79 Å². The van der Waals surface area contributed by atoms with E-state index in [1.165, 1.54) is 37.2 Å². The molecule has 3 heterocycles. The van der Waals surface area contributed by atoms with Gasteiger partial charge in [0.15, 0.2) is 16.7 Å². The van der Waals surface area contributed by atoms with Crippen LogP contribution in [0.15, 0.2) is 40.2 Å². The zero-order valence-electron chi connectivity index (χ0n) is 16.3. The number of hydrogen-bond donors (Lipinski definition) is 1. The van der Waals surface area contributed by atoms with Crippen molar-refractivity contribution in [3.8, 4) is 11.6 Å². The van der Waals surface area contributed by atoms with Crippen LogP contribution in [-0.2, 0) is 4.79 Å². The van der Waals surface area contributed by atoms with Crippen molar-refractivity contribution in [3.63, 3.8) is 0 Å². The molecule has 1 N–H and O–H groups in total. The first-order valence-corrected chi connectivity index (χ1v) is 11.4. The number of thioether (sulfide) groups is 1. The number of rotatable bonds is 6. The summed E-state index contributed by atoms with van der Waals surface area (Å²) in [6.45, 7) is 1.82. The fraction of sp³-hybridized carbons (Fsp3) is 0.400. The maximum Gasteiger partial charge on any atom is 0.238 e. The molecule has 1 unspecified atom stereocenters. The number of carbonyl (C=O) groups excluding carboxylic acids is 1. The lowest BCUT2D eigenvalue weighted by Crippen LogP contribution is -2.24. The van der Waals surface area contributed by atoms with E-state index in [0.717, 1.165) is 12.8 Å². The summed E-state index contributed by atoms with van der Waals surface area (Å²) in [7, 11) is 0. The number of carbonyl (C=O) groups is 1. The van der Waals surface area contributed by atoms with E-state index in [1.54, 1.807) is 12.3 Å². The van der Waals surface area contributed by atoms with Crippen molar-refractivity contribution in [2.24, 2.45) is 0 Å². The van der Waals surface area contributed by atoms with Gasteiger partial charge in [0.25, 0.3) is 0 Å². The standard InChI is InChI=1S/C20H21Cl2N5O2S/c1-12(19(28)24-17-15(22)10-13(21)11-23-17)30-20-26-25-18(16-8-5-9-29-16)27(20)14-6-3-2-4-7-14/h5,8-12,14H,2-4,6-7H2,1H3,(H,23,24,28). The maximum atomic E-state index is 12.7. The molecule has 4 rings (SSSR count). The highest BCUT2D eigenvalue weighted by Gasteiger charge is 2.27. The molecule has 0 spiro atoms. The van der Waals surface area contributed by atoms with Gasteiger partial charge in [-0.2, -0.15) is 0 Å². The molecule has 0 radical (unpaired) electrons. The van der Waals surface area contributed by atoms with Gasteiger partial charge in [-0.05, 0) is 38.0 Å². The lowest BCUT2D eigenvalue weighted by molar-refractivity contribution is -0.115. The highest BCUT2D eigenvalue weighted by molar-refractivity contribution is 8.00. The van der Waals surface area contributed by atoms with Crippen LogP contribution in [-0.4, -0.2) is 30.9 Å². The second kappa shape index (κ2) is 9.41. The van der Waals surface area contributed by atoms with E-state index in [2.05, 4.69) is 25.1 Å². The normalized spacial score (nSPS) is 15.8. The number of furan rings is 1. The maximum absolute atomic E-state index is 12.7. The molecule has 3 aromatic heterocycles. The first-order valence-electron chi connectivity index (χ1n) is 9.80. The van der Waals surface area contributed by atoms with Crippen LogP contribution in [0.5, 0.6) is 0 Å². The molecule has 1 aliphatic rings. The molecule has 1 saturated carbocycles. The number of nitrogens with zero attached hydrogens (tertiary/aromatic N) is 4. The second-order valence-electron chi connectivity index (χ2n) is 7.18. The predicted molar refractivity (Wildman–Crippen MR) is 118 cm³/mol. The molecule has 10 heteroatoms. The first kappa shape index (κ1) is 21.2. The molecule has 1 aliphatic carbocycles. The Morgan fingerprint density at radius 1 is 1.30 bits per heavy atom. The minimum absolute atomic E-state index is 0.227. The fourth-order valence-corrected chi connectivity index (χ4v) is 4.88. The Kier molecular flexibility index (Phi) is 6.65. The molecular formula is C20H21Cl2N5O2S.